The minimum absolute atomic E-state index is 0.558. The minimum atomic E-state index is 0.558. The monoisotopic (exact) mass is 342 g/mol. The number of nitrogens with zero attached hydrogens (tertiary/aromatic N) is 3. The Bertz CT molecular complexity index is 906. The van der Waals surface area contributed by atoms with Gasteiger partial charge in [0.1, 0.15) is 5.82 Å². The molecule has 0 atom stereocenters. The van der Waals surface area contributed by atoms with E-state index in [1.165, 1.54) is 11.1 Å². The van der Waals surface area contributed by atoms with Crippen LogP contribution in [-0.4, -0.2) is 9.97 Å². The molecule has 4 heteroatoms. The summed E-state index contributed by atoms with van der Waals surface area (Å²) >= 11 is 0. The standard InChI is InChI=1S/C22H22N4/c1-16-9-21(26-22(24)10-16)7-6-19-11-18(12-20(13-19)14-23)5-4-17-3-2-8-25-15-17/h2-3,8-13,15H,4-7H2,1H3,(H2,24,26). The van der Waals surface area contributed by atoms with Crippen molar-refractivity contribution >= 4 is 5.82 Å². The normalized spacial score (nSPS) is 10.5. The SMILES string of the molecule is Cc1cc(N)nc(CCc2cc(C#N)cc(CCc3cccnc3)c2)c1. The van der Waals surface area contributed by atoms with Gasteiger partial charge >= 0.3 is 0 Å². The Morgan fingerprint density at radius 1 is 0.962 bits per heavy atom. The minimum Gasteiger partial charge on any atom is -0.384 e. The molecule has 2 heterocycles. The van der Waals surface area contributed by atoms with E-state index in [-0.39, 0.29) is 0 Å². The third-order valence-corrected chi connectivity index (χ3v) is 4.32. The van der Waals surface area contributed by atoms with E-state index in [4.69, 9.17) is 5.73 Å². The number of benzene rings is 1. The van der Waals surface area contributed by atoms with Crippen LogP contribution < -0.4 is 5.73 Å². The van der Waals surface area contributed by atoms with Crippen LogP contribution in [0, 0.1) is 18.3 Å². The lowest BCUT2D eigenvalue weighted by Crippen LogP contribution is -2.00. The highest BCUT2D eigenvalue weighted by Crippen LogP contribution is 2.16. The molecule has 0 bridgehead atoms. The summed E-state index contributed by atoms with van der Waals surface area (Å²) < 4.78 is 0. The highest BCUT2D eigenvalue weighted by molar-refractivity contribution is 5.39. The molecule has 0 aliphatic heterocycles. The number of anilines is 1. The number of pyridine rings is 2. The molecule has 26 heavy (non-hydrogen) atoms. The maximum Gasteiger partial charge on any atom is 0.123 e. The number of nitrogen functional groups attached to an aromatic ring is 1. The number of hydrogen-bond acceptors (Lipinski definition) is 4. The van der Waals surface area contributed by atoms with Gasteiger partial charge in [-0.25, -0.2) is 4.98 Å². The van der Waals surface area contributed by atoms with Gasteiger partial charge < -0.3 is 5.73 Å². The van der Waals surface area contributed by atoms with Gasteiger partial charge in [-0.15, -0.1) is 0 Å². The van der Waals surface area contributed by atoms with E-state index in [0.717, 1.165) is 42.5 Å². The second-order valence-electron chi connectivity index (χ2n) is 6.57. The zero-order chi connectivity index (χ0) is 18.4. The Morgan fingerprint density at radius 2 is 1.69 bits per heavy atom. The first-order chi connectivity index (χ1) is 12.6. The first-order valence-electron chi connectivity index (χ1n) is 8.77. The van der Waals surface area contributed by atoms with E-state index in [1.807, 2.05) is 37.4 Å². The van der Waals surface area contributed by atoms with Crippen molar-refractivity contribution in [1.82, 2.24) is 9.97 Å². The quantitative estimate of drug-likeness (QED) is 0.739. The summed E-state index contributed by atoms with van der Waals surface area (Å²) in [6.45, 7) is 2.02. The summed E-state index contributed by atoms with van der Waals surface area (Å²) in [5.74, 6) is 0.558. The molecule has 0 saturated heterocycles. The second kappa shape index (κ2) is 8.26. The van der Waals surface area contributed by atoms with Crippen LogP contribution >= 0.6 is 0 Å². The fourth-order valence-electron chi connectivity index (χ4n) is 3.12. The van der Waals surface area contributed by atoms with Crippen LogP contribution in [-0.2, 0) is 25.7 Å². The van der Waals surface area contributed by atoms with Gasteiger partial charge in [0.05, 0.1) is 11.6 Å². The smallest absolute Gasteiger partial charge is 0.123 e. The van der Waals surface area contributed by atoms with E-state index in [2.05, 4.69) is 34.2 Å². The number of aromatic nitrogens is 2. The summed E-state index contributed by atoms with van der Waals surface area (Å²) in [7, 11) is 0. The van der Waals surface area contributed by atoms with E-state index < -0.39 is 0 Å². The maximum atomic E-state index is 9.34. The third kappa shape index (κ3) is 4.90. The topological polar surface area (TPSA) is 75.6 Å². The van der Waals surface area contributed by atoms with Gasteiger partial charge in [0, 0.05) is 18.1 Å². The highest BCUT2D eigenvalue weighted by atomic mass is 14.8. The highest BCUT2D eigenvalue weighted by Gasteiger charge is 2.05. The molecule has 3 rings (SSSR count). The van der Waals surface area contributed by atoms with Gasteiger partial charge in [-0.1, -0.05) is 12.1 Å². The van der Waals surface area contributed by atoms with Crippen molar-refractivity contribution in [3.63, 3.8) is 0 Å². The first kappa shape index (κ1) is 17.6. The number of nitrogens with two attached hydrogens (primary N) is 1. The third-order valence-electron chi connectivity index (χ3n) is 4.32. The lowest BCUT2D eigenvalue weighted by molar-refractivity contribution is 0.900. The molecule has 0 spiro atoms. The van der Waals surface area contributed by atoms with Crippen molar-refractivity contribution in [1.29, 1.82) is 5.26 Å². The van der Waals surface area contributed by atoms with Gasteiger partial charge in [-0.3, -0.25) is 4.98 Å². The molecule has 1 aromatic carbocycles. The molecular formula is C22H22N4. The molecule has 0 aliphatic rings. The Morgan fingerprint density at radius 3 is 2.35 bits per heavy atom. The second-order valence-corrected chi connectivity index (χ2v) is 6.57. The average molecular weight is 342 g/mol. The molecule has 4 nitrogen and oxygen atoms in total. The molecule has 130 valence electrons. The Hall–Kier alpha value is -3.19. The van der Waals surface area contributed by atoms with Crippen LogP contribution in [0.5, 0.6) is 0 Å². The Kier molecular flexibility index (Phi) is 5.60. The maximum absolute atomic E-state index is 9.34. The van der Waals surface area contributed by atoms with E-state index in [0.29, 0.717) is 11.4 Å². The Balaban J connectivity index is 1.71. The van der Waals surface area contributed by atoms with Gasteiger partial charge in [0.2, 0.25) is 0 Å². The van der Waals surface area contributed by atoms with Crippen LogP contribution in [0.2, 0.25) is 0 Å². The zero-order valence-electron chi connectivity index (χ0n) is 14.9. The molecular weight excluding hydrogens is 320 g/mol. The van der Waals surface area contributed by atoms with Crippen molar-refractivity contribution in [3.8, 4) is 6.07 Å². The molecule has 3 aromatic rings. The first-order valence-corrected chi connectivity index (χ1v) is 8.77. The van der Waals surface area contributed by atoms with Crippen molar-refractivity contribution < 1.29 is 0 Å². The molecule has 0 unspecified atom stereocenters. The predicted molar refractivity (Wildman–Crippen MR) is 104 cm³/mol. The fourth-order valence-corrected chi connectivity index (χ4v) is 3.12. The lowest BCUT2D eigenvalue weighted by Gasteiger charge is -2.08. The average Bonchev–Trinajstić information content (AvgIpc) is 2.65. The van der Waals surface area contributed by atoms with Crippen LogP contribution in [0.4, 0.5) is 5.82 Å². The molecule has 0 saturated carbocycles. The van der Waals surface area contributed by atoms with Gasteiger partial charge in [0.15, 0.2) is 0 Å². The van der Waals surface area contributed by atoms with Crippen LogP contribution in [0.15, 0.2) is 54.9 Å². The molecule has 0 radical (unpaired) electrons. The predicted octanol–water partition coefficient (Wildman–Crippen LogP) is 3.81. The van der Waals surface area contributed by atoms with E-state index in [9.17, 15) is 5.26 Å². The summed E-state index contributed by atoms with van der Waals surface area (Å²) in [5, 5.41) is 9.34. The van der Waals surface area contributed by atoms with Crippen LogP contribution in [0.3, 0.4) is 0 Å². The number of nitriles is 1. The van der Waals surface area contributed by atoms with Crippen molar-refractivity contribution in [2.45, 2.75) is 32.6 Å². The molecule has 0 aliphatic carbocycles. The number of hydrogen-bond donors (Lipinski definition) is 1. The van der Waals surface area contributed by atoms with Crippen molar-refractivity contribution in [2.75, 3.05) is 5.73 Å². The number of aryl methyl sites for hydroxylation is 5. The summed E-state index contributed by atoms with van der Waals surface area (Å²) in [5.41, 5.74) is 12.2. The summed E-state index contributed by atoms with van der Waals surface area (Å²) in [6, 6.07) is 16.4. The molecule has 2 aromatic heterocycles. The summed E-state index contributed by atoms with van der Waals surface area (Å²) in [4.78, 5) is 8.55. The zero-order valence-corrected chi connectivity index (χ0v) is 14.9. The molecule has 0 amide bonds. The molecule has 0 fully saturated rings. The van der Waals surface area contributed by atoms with Crippen molar-refractivity contribution in [3.05, 3.63) is 88.4 Å². The fraction of sp³-hybridized carbons (Fsp3) is 0.227. The molecule has 2 N–H and O–H groups in total. The Labute approximate surface area is 154 Å². The summed E-state index contributed by atoms with van der Waals surface area (Å²) in [6.07, 6.45) is 7.13. The van der Waals surface area contributed by atoms with Gasteiger partial charge in [0.25, 0.3) is 0 Å². The van der Waals surface area contributed by atoms with Gasteiger partial charge in [-0.05, 0) is 85.2 Å². The number of rotatable bonds is 6. The lowest BCUT2D eigenvalue weighted by atomic mass is 9.98. The van der Waals surface area contributed by atoms with Crippen molar-refractivity contribution in [2.24, 2.45) is 0 Å². The van der Waals surface area contributed by atoms with Crippen LogP contribution in [0.1, 0.15) is 33.5 Å². The van der Waals surface area contributed by atoms with Crippen LogP contribution in [0.25, 0.3) is 0 Å². The van der Waals surface area contributed by atoms with E-state index in [1.54, 1.807) is 6.20 Å². The van der Waals surface area contributed by atoms with Gasteiger partial charge in [-0.2, -0.15) is 5.26 Å². The largest absolute Gasteiger partial charge is 0.384 e. The van der Waals surface area contributed by atoms with E-state index >= 15 is 0 Å².